The third-order valence-corrected chi connectivity index (χ3v) is 6.78. The van der Waals surface area contributed by atoms with Crippen LogP contribution in [0.15, 0.2) is 18.2 Å². The zero-order chi connectivity index (χ0) is 22.0. The van der Waals surface area contributed by atoms with Crippen LogP contribution in [0.4, 0.5) is 10.5 Å². The Kier molecular flexibility index (Phi) is 6.60. The Morgan fingerprint density at radius 2 is 1.87 bits per heavy atom. The highest BCUT2D eigenvalue weighted by Crippen LogP contribution is 2.32. The lowest BCUT2D eigenvalue weighted by atomic mass is 10.0. The molecule has 1 atom stereocenters. The summed E-state index contributed by atoms with van der Waals surface area (Å²) >= 11 is 0. The highest BCUT2D eigenvalue weighted by Gasteiger charge is 2.34. The van der Waals surface area contributed by atoms with Crippen LogP contribution >= 0.6 is 0 Å². The summed E-state index contributed by atoms with van der Waals surface area (Å²) in [5.41, 5.74) is 2.08. The summed E-state index contributed by atoms with van der Waals surface area (Å²) in [6.07, 6.45) is 4.16. The molecule has 3 amide bonds. The molecule has 1 aromatic rings. The Balaban J connectivity index is 1.52. The first-order valence-electron chi connectivity index (χ1n) is 11.7. The van der Waals surface area contributed by atoms with Gasteiger partial charge in [0.05, 0.1) is 0 Å². The number of hydrogen-bond donors (Lipinski definition) is 1. The molecule has 0 radical (unpaired) electrons. The minimum atomic E-state index is -0.205. The molecule has 0 spiro atoms. The number of nitrogens with one attached hydrogen (secondary N) is 1. The van der Waals surface area contributed by atoms with Crippen LogP contribution in [-0.2, 0) is 11.2 Å². The fourth-order valence-corrected chi connectivity index (χ4v) is 4.64. The van der Waals surface area contributed by atoms with Crippen molar-refractivity contribution in [2.75, 3.05) is 44.2 Å². The molecule has 1 aromatic carbocycles. The van der Waals surface area contributed by atoms with Crippen molar-refractivity contribution in [2.24, 2.45) is 5.92 Å². The maximum absolute atomic E-state index is 13.5. The second-order valence-electron chi connectivity index (χ2n) is 9.17. The number of rotatable bonds is 5. The minimum absolute atomic E-state index is 0.0409. The predicted octanol–water partition coefficient (Wildman–Crippen LogP) is 2.68. The van der Waals surface area contributed by atoms with Gasteiger partial charge in [-0.1, -0.05) is 19.8 Å². The second kappa shape index (κ2) is 9.39. The van der Waals surface area contributed by atoms with Crippen LogP contribution in [0.25, 0.3) is 0 Å². The number of nitrogens with zero attached hydrogens (tertiary/aromatic N) is 3. The SMILES string of the molecule is CCN1CCN(C(=O)N2c3ccc(C(=O)NCCC4CC4)cc3CC(=O)C[C@@H]2C)CC1. The minimum Gasteiger partial charge on any atom is -0.352 e. The van der Waals surface area contributed by atoms with Crippen LogP contribution in [0, 0.1) is 5.92 Å². The lowest BCUT2D eigenvalue weighted by Crippen LogP contribution is -2.54. The van der Waals surface area contributed by atoms with Crippen molar-refractivity contribution in [1.82, 2.24) is 15.1 Å². The fraction of sp³-hybridized carbons (Fsp3) is 0.625. The number of fused-ring (bicyclic) bond motifs is 1. The van der Waals surface area contributed by atoms with Gasteiger partial charge in [-0.3, -0.25) is 14.5 Å². The van der Waals surface area contributed by atoms with Gasteiger partial charge in [-0.05, 0) is 49.6 Å². The molecule has 1 N–H and O–H groups in total. The molecule has 0 aromatic heterocycles. The topological polar surface area (TPSA) is 73.0 Å². The second-order valence-corrected chi connectivity index (χ2v) is 9.17. The number of anilines is 1. The van der Waals surface area contributed by atoms with E-state index in [1.54, 1.807) is 17.0 Å². The molecule has 4 rings (SSSR count). The molecular weight excluding hydrogens is 392 g/mol. The largest absolute Gasteiger partial charge is 0.352 e. The first-order chi connectivity index (χ1) is 15.0. The lowest BCUT2D eigenvalue weighted by molar-refractivity contribution is -0.118. The van der Waals surface area contributed by atoms with Gasteiger partial charge >= 0.3 is 6.03 Å². The zero-order valence-electron chi connectivity index (χ0n) is 18.7. The van der Waals surface area contributed by atoms with Gasteiger partial charge in [0.1, 0.15) is 5.78 Å². The Hall–Kier alpha value is -2.41. The number of likely N-dealkylation sites (N-methyl/N-ethyl adjacent to an activating group) is 1. The smallest absolute Gasteiger partial charge is 0.324 e. The molecule has 0 unspecified atom stereocenters. The van der Waals surface area contributed by atoms with Gasteiger partial charge in [0.2, 0.25) is 0 Å². The Labute approximate surface area is 184 Å². The molecule has 3 aliphatic rings. The number of urea groups is 1. The van der Waals surface area contributed by atoms with Gasteiger partial charge in [-0.2, -0.15) is 0 Å². The number of hydrogen-bond acceptors (Lipinski definition) is 4. The number of benzene rings is 1. The van der Waals surface area contributed by atoms with Gasteiger partial charge in [0.15, 0.2) is 0 Å². The predicted molar refractivity (Wildman–Crippen MR) is 120 cm³/mol. The van der Waals surface area contributed by atoms with Crippen LogP contribution in [-0.4, -0.2) is 72.8 Å². The number of carbonyl (C=O) groups is 3. The number of carbonyl (C=O) groups excluding carboxylic acids is 3. The van der Waals surface area contributed by atoms with Crippen LogP contribution in [0.2, 0.25) is 0 Å². The van der Waals surface area contributed by atoms with Crippen LogP contribution in [0.1, 0.15) is 55.5 Å². The van der Waals surface area contributed by atoms with E-state index in [2.05, 4.69) is 17.1 Å². The van der Waals surface area contributed by atoms with E-state index in [0.717, 1.165) is 43.2 Å². The highest BCUT2D eigenvalue weighted by atomic mass is 16.2. The molecule has 2 fully saturated rings. The van der Waals surface area contributed by atoms with Gasteiger partial charge in [0.25, 0.3) is 5.91 Å². The monoisotopic (exact) mass is 426 g/mol. The number of amides is 3. The van der Waals surface area contributed by atoms with Crippen molar-refractivity contribution in [1.29, 1.82) is 0 Å². The summed E-state index contributed by atoms with van der Waals surface area (Å²) < 4.78 is 0. The molecule has 7 nitrogen and oxygen atoms in total. The van der Waals surface area contributed by atoms with Crippen molar-refractivity contribution in [3.05, 3.63) is 29.3 Å². The Morgan fingerprint density at radius 1 is 1.13 bits per heavy atom. The average molecular weight is 427 g/mol. The normalized spacial score (nSPS) is 22.1. The molecule has 2 aliphatic heterocycles. The summed E-state index contributed by atoms with van der Waals surface area (Å²) in [4.78, 5) is 44.6. The third kappa shape index (κ3) is 5.09. The molecule has 168 valence electrons. The summed E-state index contributed by atoms with van der Waals surface area (Å²) in [7, 11) is 0. The van der Waals surface area contributed by atoms with Crippen molar-refractivity contribution >= 4 is 23.4 Å². The summed E-state index contributed by atoms with van der Waals surface area (Å²) in [6, 6.07) is 5.18. The van der Waals surface area contributed by atoms with Crippen molar-refractivity contribution in [3.63, 3.8) is 0 Å². The fourth-order valence-electron chi connectivity index (χ4n) is 4.64. The van der Waals surface area contributed by atoms with Crippen LogP contribution < -0.4 is 10.2 Å². The van der Waals surface area contributed by atoms with Gasteiger partial charge < -0.3 is 15.1 Å². The van der Waals surface area contributed by atoms with Crippen molar-refractivity contribution in [2.45, 2.75) is 52.0 Å². The number of ketones is 1. The van der Waals surface area contributed by atoms with E-state index in [9.17, 15) is 14.4 Å². The van der Waals surface area contributed by atoms with E-state index in [1.165, 1.54) is 12.8 Å². The first kappa shape index (κ1) is 21.8. The quantitative estimate of drug-likeness (QED) is 0.786. The highest BCUT2D eigenvalue weighted by molar-refractivity contribution is 6.00. The number of piperazine rings is 1. The molecule has 1 aliphatic carbocycles. The van der Waals surface area contributed by atoms with Gasteiger partial charge in [-0.15, -0.1) is 0 Å². The van der Waals surface area contributed by atoms with E-state index < -0.39 is 0 Å². The molecule has 7 heteroatoms. The summed E-state index contributed by atoms with van der Waals surface area (Å²) in [5.74, 6) is 0.762. The average Bonchev–Trinajstić information content (AvgIpc) is 3.59. The van der Waals surface area contributed by atoms with Crippen LogP contribution in [0.3, 0.4) is 0 Å². The van der Waals surface area contributed by atoms with E-state index >= 15 is 0 Å². The van der Waals surface area contributed by atoms with E-state index in [4.69, 9.17) is 0 Å². The molecule has 31 heavy (non-hydrogen) atoms. The maximum Gasteiger partial charge on any atom is 0.324 e. The maximum atomic E-state index is 13.5. The summed E-state index contributed by atoms with van der Waals surface area (Å²) in [6.45, 7) is 8.88. The molecule has 2 heterocycles. The van der Waals surface area contributed by atoms with Crippen molar-refractivity contribution in [3.8, 4) is 0 Å². The Morgan fingerprint density at radius 3 is 2.55 bits per heavy atom. The van der Waals surface area contributed by atoms with Gasteiger partial charge in [-0.25, -0.2) is 4.79 Å². The molecule has 0 bridgehead atoms. The standard InChI is InChI=1S/C24H34N4O3/c1-3-26-10-12-27(13-11-26)24(31)28-17(2)14-21(29)16-20-15-19(6-7-22(20)28)23(30)25-9-8-18-4-5-18/h6-7,15,17-18H,3-5,8-14,16H2,1-2H3,(H,25,30)/t17-/m0/s1. The van der Waals surface area contributed by atoms with E-state index in [1.807, 2.05) is 17.9 Å². The Bertz CT molecular complexity index is 843. The van der Waals surface area contributed by atoms with Gasteiger partial charge in [0, 0.05) is 62.9 Å². The zero-order valence-corrected chi connectivity index (χ0v) is 18.7. The number of Topliss-reactive ketones (excluding diaryl/α,β-unsaturated/α-hetero) is 1. The molecule has 1 saturated heterocycles. The van der Waals surface area contributed by atoms with E-state index in [-0.39, 0.29) is 30.2 Å². The third-order valence-electron chi connectivity index (χ3n) is 6.78. The van der Waals surface area contributed by atoms with Crippen LogP contribution in [0.5, 0.6) is 0 Å². The lowest BCUT2D eigenvalue weighted by Gasteiger charge is -2.39. The molecule has 1 saturated carbocycles. The summed E-state index contributed by atoms with van der Waals surface area (Å²) in [5, 5.41) is 2.99. The van der Waals surface area contributed by atoms with Crippen molar-refractivity contribution < 1.29 is 14.4 Å². The first-order valence-corrected chi connectivity index (χ1v) is 11.7. The molecular formula is C24H34N4O3. The van der Waals surface area contributed by atoms with E-state index in [0.29, 0.717) is 31.6 Å².